The van der Waals surface area contributed by atoms with Gasteiger partial charge in [-0.3, -0.25) is 9.52 Å². The van der Waals surface area contributed by atoms with Gasteiger partial charge in [-0.1, -0.05) is 23.8 Å². The van der Waals surface area contributed by atoms with Crippen molar-refractivity contribution in [1.82, 2.24) is 5.32 Å². The summed E-state index contributed by atoms with van der Waals surface area (Å²) in [6.45, 7) is 6.56. The van der Waals surface area contributed by atoms with Crippen molar-refractivity contribution >= 4 is 21.6 Å². The second kappa shape index (κ2) is 9.15. The summed E-state index contributed by atoms with van der Waals surface area (Å²) in [4.78, 5) is 13.0. The molecule has 1 aliphatic rings. The first-order chi connectivity index (χ1) is 15.7. The van der Waals surface area contributed by atoms with Gasteiger partial charge in [-0.2, -0.15) is 0 Å². The Kier molecular flexibility index (Phi) is 6.29. The van der Waals surface area contributed by atoms with Crippen LogP contribution in [0.4, 0.5) is 5.69 Å². The molecule has 1 aliphatic heterocycles. The lowest BCUT2D eigenvalue weighted by Crippen LogP contribution is -2.27. The maximum absolute atomic E-state index is 12.8. The predicted octanol–water partition coefficient (Wildman–Crippen LogP) is 4.37. The van der Waals surface area contributed by atoms with Gasteiger partial charge in [-0.05, 0) is 74.4 Å². The normalized spacial score (nSPS) is 13.8. The van der Waals surface area contributed by atoms with Crippen molar-refractivity contribution in [3.63, 3.8) is 0 Å². The lowest BCUT2D eigenvalue weighted by atomic mass is 10.1. The number of carbonyl (C=O) groups excluding carboxylic acids is 1. The monoisotopic (exact) mass is 466 g/mol. The van der Waals surface area contributed by atoms with Gasteiger partial charge < -0.3 is 14.8 Å². The van der Waals surface area contributed by atoms with Crippen molar-refractivity contribution in [1.29, 1.82) is 0 Å². The molecule has 0 spiro atoms. The quantitative estimate of drug-likeness (QED) is 0.563. The zero-order valence-electron chi connectivity index (χ0n) is 18.7. The molecular weight excluding hydrogens is 440 g/mol. The minimum atomic E-state index is -3.72. The number of sulfonamides is 1. The molecule has 0 fully saturated rings. The third kappa shape index (κ3) is 5.12. The standard InChI is InChI=1S/C25H26N2O5S/c1-16-4-8-21(9-5-16)33(29,30)27-22-10-6-20(14-17(22)2)25(28)26-18(3)19-7-11-23-24(15-19)32-13-12-31-23/h4-11,14-15,18,27H,12-13H2,1-3H3,(H,26,28)/t18-/m0/s1. The SMILES string of the molecule is Cc1ccc(S(=O)(=O)Nc2ccc(C(=O)N[C@@H](C)c3ccc4c(c3)OCCO4)cc2C)cc1. The van der Waals surface area contributed by atoms with Crippen molar-refractivity contribution < 1.29 is 22.7 Å². The molecule has 33 heavy (non-hydrogen) atoms. The number of rotatable bonds is 6. The first-order valence-corrected chi connectivity index (χ1v) is 12.1. The lowest BCUT2D eigenvalue weighted by molar-refractivity contribution is 0.0939. The van der Waals surface area contributed by atoms with E-state index in [1.807, 2.05) is 32.0 Å². The van der Waals surface area contributed by atoms with E-state index in [-0.39, 0.29) is 16.8 Å². The number of hydrogen-bond donors (Lipinski definition) is 2. The van der Waals surface area contributed by atoms with Crippen LogP contribution in [0.5, 0.6) is 11.5 Å². The number of anilines is 1. The molecule has 0 bridgehead atoms. The Morgan fingerprint density at radius 3 is 2.30 bits per heavy atom. The lowest BCUT2D eigenvalue weighted by Gasteiger charge is -2.21. The van der Waals surface area contributed by atoms with Gasteiger partial charge in [-0.15, -0.1) is 0 Å². The number of fused-ring (bicyclic) bond motifs is 1. The van der Waals surface area contributed by atoms with Crippen molar-refractivity contribution in [2.24, 2.45) is 0 Å². The van der Waals surface area contributed by atoms with Gasteiger partial charge in [-0.25, -0.2) is 8.42 Å². The second-order valence-electron chi connectivity index (χ2n) is 8.05. The molecule has 3 aromatic carbocycles. The van der Waals surface area contributed by atoms with Crippen molar-refractivity contribution in [3.8, 4) is 11.5 Å². The third-order valence-electron chi connectivity index (χ3n) is 5.48. The molecule has 0 radical (unpaired) electrons. The Hall–Kier alpha value is -3.52. The molecule has 0 unspecified atom stereocenters. The number of ether oxygens (including phenoxy) is 2. The average Bonchev–Trinajstić information content (AvgIpc) is 2.80. The first kappa shape index (κ1) is 22.7. The molecule has 7 nitrogen and oxygen atoms in total. The number of nitrogens with one attached hydrogen (secondary N) is 2. The summed E-state index contributed by atoms with van der Waals surface area (Å²) >= 11 is 0. The molecule has 172 valence electrons. The van der Waals surface area contributed by atoms with Crippen molar-refractivity contribution in [3.05, 3.63) is 82.9 Å². The van der Waals surface area contributed by atoms with Gasteiger partial charge >= 0.3 is 0 Å². The molecule has 0 aromatic heterocycles. The summed E-state index contributed by atoms with van der Waals surface area (Å²) < 4.78 is 39.1. The molecule has 1 atom stereocenters. The van der Waals surface area contributed by atoms with Gasteiger partial charge in [0, 0.05) is 5.56 Å². The van der Waals surface area contributed by atoms with Gasteiger partial charge in [0.15, 0.2) is 11.5 Å². The number of carbonyl (C=O) groups is 1. The number of aryl methyl sites for hydroxylation is 2. The Bertz CT molecular complexity index is 1290. The van der Waals surface area contributed by atoms with Gasteiger partial charge in [0.05, 0.1) is 16.6 Å². The molecule has 1 heterocycles. The largest absolute Gasteiger partial charge is 0.486 e. The molecule has 8 heteroatoms. The Labute approximate surface area is 193 Å². The van der Waals surface area contributed by atoms with E-state index < -0.39 is 10.0 Å². The summed E-state index contributed by atoms with van der Waals surface area (Å²) in [7, 11) is -3.72. The van der Waals surface area contributed by atoms with E-state index >= 15 is 0 Å². The van der Waals surface area contributed by atoms with E-state index in [1.54, 1.807) is 49.4 Å². The Morgan fingerprint density at radius 1 is 0.909 bits per heavy atom. The fourth-order valence-corrected chi connectivity index (χ4v) is 4.66. The maximum atomic E-state index is 12.8. The van der Waals surface area contributed by atoms with E-state index in [1.165, 1.54) is 0 Å². The number of amides is 1. The summed E-state index contributed by atoms with van der Waals surface area (Å²) in [5.74, 6) is 1.11. The Morgan fingerprint density at radius 2 is 1.61 bits per heavy atom. The van der Waals surface area contributed by atoms with Crippen molar-refractivity contribution in [2.45, 2.75) is 31.7 Å². The van der Waals surface area contributed by atoms with E-state index in [2.05, 4.69) is 10.0 Å². The first-order valence-electron chi connectivity index (χ1n) is 10.6. The molecule has 1 amide bonds. The van der Waals surface area contributed by atoms with Gasteiger partial charge in [0.25, 0.3) is 15.9 Å². The van der Waals surface area contributed by atoms with E-state index in [4.69, 9.17) is 9.47 Å². The van der Waals surface area contributed by atoms with Crippen molar-refractivity contribution in [2.75, 3.05) is 17.9 Å². The average molecular weight is 467 g/mol. The predicted molar refractivity (Wildman–Crippen MR) is 126 cm³/mol. The molecule has 0 saturated heterocycles. The van der Waals surface area contributed by atoms with Crippen LogP contribution in [-0.2, 0) is 10.0 Å². The van der Waals surface area contributed by atoms with Crippen LogP contribution < -0.4 is 19.5 Å². The fraction of sp³-hybridized carbons (Fsp3) is 0.240. The molecule has 0 aliphatic carbocycles. The summed E-state index contributed by atoms with van der Waals surface area (Å²) in [5, 5.41) is 2.97. The van der Waals surface area contributed by atoms with Crippen LogP contribution in [0.3, 0.4) is 0 Å². The highest BCUT2D eigenvalue weighted by molar-refractivity contribution is 7.92. The highest BCUT2D eigenvalue weighted by Gasteiger charge is 2.18. The zero-order valence-corrected chi connectivity index (χ0v) is 19.5. The highest BCUT2D eigenvalue weighted by atomic mass is 32.2. The van der Waals surface area contributed by atoms with E-state index in [0.29, 0.717) is 41.5 Å². The summed E-state index contributed by atoms with van der Waals surface area (Å²) in [6.07, 6.45) is 0. The van der Waals surface area contributed by atoms with Crippen LogP contribution in [0.25, 0.3) is 0 Å². The van der Waals surface area contributed by atoms with Gasteiger partial charge in [0.1, 0.15) is 13.2 Å². The van der Waals surface area contributed by atoms with Crippen LogP contribution >= 0.6 is 0 Å². The topological polar surface area (TPSA) is 93.7 Å². The number of hydrogen-bond acceptors (Lipinski definition) is 5. The van der Waals surface area contributed by atoms with Crippen LogP contribution in [0.15, 0.2) is 65.6 Å². The summed E-state index contributed by atoms with van der Waals surface area (Å²) in [5.41, 5.74) is 3.38. The number of benzene rings is 3. The highest BCUT2D eigenvalue weighted by Crippen LogP contribution is 2.32. The second-order valence-corrected chi connectivity index (χ2v) is 9.73. The van der Waals surface area contributed by atoms with Crippen LogP contribution in [0.1, 0.15) is 40.0 Å². The third-order valence-corrected chi connectivity index (χ3v) is 6.86. The minimum Gasteiger partial charge on any atom is -0.486 e. The van der Waals surface area contributed by atoms with Crippen LogP contribution in [0, 0.1) is 13.8 Å². The Balaban J connectivity index is 1.46. The maximum Gasteiger partial charge on any atom is 0.261 e. The molecule has 2 N–H and O–H groups in total. The van der Waals surface area contributed by atoms with Crippen LogP contribution in [0.2, 0.25) is 0 Å². The molecule has 4 rings (SSSR count). The zero-order chi connectivity index (χ0) is 23.6. The molecule has 3 aromatic rings. The van der Waals surface area contributed by atoms with E-state index in [0.717, 1.165) is 11.1 Å². The smallest absolute Gasteiger partial charge is 0.261 e. The van der Waals surface area contributed by atoms with E-state index in [9.17, 15) is 13.2 Å². The molecular formula is C25H26N2O5S. The van der Waals surface area contributed by atoms with Gasteiger partial charge in [0.2, 0.25) is 0 Å². The minimum absolute atomic E-state index is 0.183. The molecule has 0 saturated carbocycles. The fourth-order valence-electron chi connectivity index (χ4n) is 3.53. The van der Waals surface area contributed by atoms with Crippen LogP contribution in [-0.4, -0.2) is 27.5 Å². The summed E-state index contributed by atoms with van der Waals surface area (Å²) in [6, 6.07) is 16.8.